The number of rotatable bonds is 9. The van der Waals surface area contributed by atoms with E-state index in [4.69, 9.17) is 14.6 Å². The van der Waals surface area contributed by atoms with Crippen molar-refractivity contribution >= 4 is 16.7 Å². The predicted octanol–water partition coefficient (Wildman–Crippen LogP) is 5.69. The summed E-state index contributed by atoms with van der Waals surface area (Å²) in [6.07, 6.45) is 2.47. The van der Waals surface area contributed by atoms with Crippen LogP contribution in [0.2, 0.25) is 0 Å². The predicted molar refractivity (Wildman–Crippen MR) is 133 cm³/mol. The maximum absolute atomic E-state index is 12.8. The minimum atomic E-state index is -0.804. The van der Waals surface area contributed by atoms with E-state index in [9.17, 15) is 9.18 Å². The molecule has 0 unspecified atom stereocenters. The van der Waals surface area contributed by atoms with Crippen LogP contribution in [0.5, 0.6) is 11.5 Å². The summed E-state index contributed by atoms with van der Waals surface area (Å²) in [7, 11) is 3.36. The topological polar surface area (TPSA) is 59.0 Å². The summed E-state index contributed by atoms with van der Waals surface area (Å²) < 4.78 is 24.6. The lowest BCUT2D eigenvalue weighted by Gasteiger charge is -2.32. The molecule has 1 N–H and O–H groups in total. The fourth-order valence-electron chi connectivity index (χ4n) is 5.19. The van der Waals surface area contributed by atoms with Crippen molar-refractivity contribution in [2.24, 2.45) is 0 Å². The zero-order chi connectivity index (χ0) is 24.1. The van der Waals surface area contributed by atoms with Crippen molar-refractivity contribution in [1.82, 2.24) is 4.90 Å². The molecule has 6 heteroatoms. The normalized spacial score (nSPS) is 14.9. The van der Waals surface area contributed by atoms with E-state index in [1.807, 2.05) is 30.3 Å². The van der Waals surface area contributed by atoms with E-state index in [0.717, 1.165) is 70.5 Å². The van der Waals surface area contributed by atoms with Crippen molar-refractivity contribution in [3.8, 4) is 22.6 Å². The van der Waals surface area contributed by atoms with E-state index in [1.165, 1.54) is 0 Å². The lowest BCUT2D eigenvalue weighted by atomic mass is 9.85. The fraction of sp³-hybridized carbons (Fsp3) is 0.393. The van der Waals surface area contributed by atoms with Crippen LogP contribution in [0.25, 0.3) is 21.9 Å². The number of carboxylic acids is 1. The number of hydrogen-bond donors (Lipinski definition) is 1. The van der Waals surface area contributed by atoms with Gasteiger partial charge in [-0.25, -0.2) is 4.39 Å². The van der Waals surface area contributed by atoms with Gasteiger partial charge < -0.3 is 19.5 Å². The lowest BCUT2D eigenvalue weighted by molar-refractivity contribution is -0.136. The van der Waals surface area contributed by atoms with Gasteiger partial charge in [0.15, 0.2) is 0 Å². The van der Waals surface area contributed by atoms with E-state index < -0.39 is 5.97 Å². The van der Waals surface area contributed by atoms with Gasteiger partial charge in [0.1, 0.15) is 18.2 Å². The van der Waals surface area contributed by atoms with Crippen LogP contribution in [0.3, 0.4) is 0 Å². The summed E-state index contributed by atoms with van der Waals surface area (Å²) in [5.41, 5.74) is 4.07. The average molecular weight is 466 g/mol. The molecule has 3 aromatic carbocycles. The van der Waals surface area contributed by atoms with Gasteiger partial charge in [0.2, 0.25) is 0 Å². The van der Waals surface area contributed by atoms with Gasteiger partial charge in [0.05, 0.1) is 19.8 Å². The van der Waals surface area contributed by atoms with Gasteiger partial charge in [0, 0.05) is 13.0 Å². The number of piperidine rings is 1. The molecule has 1 fully saturated rings. The van der Waals surface area contributed by atoms with Crippen LogP contribution < -0.4 is 9.47 Å². The van der Waals surface area contributed by atoms with Gasteiger partial charge in [-0.3, -0.25) is 4.79 Å². The first-order chi connectivity index (χ1) is 16.6. The number of likely N-dealkylation sites (tertiary alicyclic amines) is 1. The van der Waals surface area contributed by atoms with Crippen LogP contribution in [0, 0.1) is 0 Å². The van der Waals surface area contributed by atoms with Crippen molar-refractivity contribution in [1.29, 1.82) is 0 Å². The van der Waals surface area contributed by atoms with Crippen LogP contribution >= 0.6 is 0 Å². The number of carbonyl (C=O) groups is 1. The van der Waals surface area contributed by atoms with Crippen LogP contribution in [0.1, 0.15) is 36.3 Å². The summed E-state index contributed by atoms with van der Waals surface area (Å²) in [6, 6.07) is 16.3. The maximum Gasteiger partial charge on any atom is 0.303 e. The quantitative estimate of drug-likeness (QED) is 0.440. The van der Waals surface area contributed by atoms with Gasteiger partial charge in [-0.15, -0.1) is 0 Å². The Morgan fingerprint density at radius 1 is 1.03 bits per heavy atom. The van der Waals surface area contributed by atoms with Crippen molar-refractivity contribution in [3.05, 3.63) is 59.7 Å². The van der Waals surface area contributed by atoms with Crippen LogP contribution in [-0.2, 0) is 11.2 Å². The molecule has 0 amide bonds. The maximum atomic E-state index is 12.8. The number of halogens is 1. The Labute approximate surface area is 200 Å². The van der Waals surface area contributed by atoms with Crippen LogP contribution in [0.15, 0.2) is 48.5 Å². The second kappa shape index (κ2) is 10.9. The third-order valence-corrected chi connectivity index (χ3v) is 6.89. The summed E-state index contributed by atoms with van der Waals surface area (Å²) in [4.78, 5) is 13.3. The summed E-state index contributed by atoms with van der Waals surface area (Å²) in [5.74, 6) is 1.07. The molecule has 0 spiro atoms. The highest BCUT2D eigenvalue weighted by Gasteiger charge is 2.27. The third kappa shape index (κ3) is 4.87. The second-order valence-corrected chi connectivity index (χ2v) is 8.78. The molecule has 0 radical (unpaired) electrons. The first-order valence-electron chi connectivity index (χ1n) is 11.8. The van der Waals surface area contributed by atoms with Gasteiger partial charge in [0.25, 0.3) is 0 Å². The molecule has 1 saturated heterocycles. The van der Waals surface area contributed by atoms with Gasteiger partial charge in [-0.1, -0.05) is 42.5 Å². The second-order valence-electron chi connectivity index (χ2n) is 8.78. The first-order valence-corrected chi connectivity index (χ1v) is 11.8. The summed E-state index contributed by atoms with van der Waals surface area (Å²) >= 11 is 0. The largest absolute Gasteiger partial charge is 0.496 e. The highest BCUT2D eigenvalue weighted by Crippen LogP contribution is 2.47. The fourth-order valence-corrected chi connectivity index (χ4v) is 5.19. The number of aliphatic carboxylic acids is 1. The van der Waals surface area contributed by atoms with Crippen molar-refractivity contribution in [2.75, 3.05) is 40.5 Å². The number of carboxylic acid groups (broad SMARTS) is 1. The number of benzene rings is 3. The molecule has 1 aliphatic heterocycles. The monoisotopic (exact) mass is 465 g/mol. The number of methoxy groups -OCH3 is 2. The molecule has 0 saturated carbocycles. The smallest absolute Gasteiger partial charge is 0.303 e. The molecule has 4 rings (SSSR count). The third-order valence-electron chi connectivity index (χ3n) is 6.89. The highest BCUT2D eigenvalue weighted by atomic mass is 19.1. The Kier molecular flexibility index (Phi) is 7.68. The van der Waals surface area contributed by atoms with Crippen molar-refractivity contribution < 1.29 is 23.8 Å². The standard InChI is InChI=1S/C28H32FNO4/c1-33-25-11-10-22(20-13-16-30(17-14-20)18-15-29)28(34-2)27(25)24-8-4-6-21-19(9-12-26(31)32)5-3-7-23(21)24/h3-8,10-11,20H,9,12-18H2,1-2H3,(H,31,32). The minimum absolute atomic E-state index is 0.0899. The van der Waals surface area contributed by atoms with Crippen molar-refractivity contribution in [2.45, 2.75) is 31.6 Å². The van der Waals surface area contributed by atoms with E-state index in [-0.39, 0.29) is 13.1 Å². The average Bonchev–Trinajstić information content (AvgIpc) is 2.86. The number of aryl methyl sites for hydroxylation is 1. The molecule has 0 aromatic heterocycles. The molecule has 180 valence electrons. The molecule has 34 heavy (non-hydrogen) atoms. The number of ether oxygens (including phenoxy) is 2. The Morgan fingerprint density at radius 2 is 1.76 bits per heavy atom. The van der Waals surface area contributed by atoms with E-state index in [2.05, 4.69) is 23.1 Å². The van der Waals surface area contributed by atoms with Crippen molar-refractivity contribution in [3.63, 3.8) is 0 Å². The van der Waals surface area contributed by atoms with Gasteiger partial charge in [-0.05, 0) is 71.8 Å². The number of fused-ring (bicyclic) bond motifs is 1. The minimum Gasteiger partial charge on any atom is -0.496 e. The van der Waals surface area contributed by atoms with E-state index >= 15 is 0 Å². The highest BCUT2D eigenvalue weighted by molar-refractivity contribution is 6.01. The Hall–Kier alpha value is -3.12. The zero-order valence-corrected chi connectivity index (χ0v) is 19.9. The summed E-state index contributed by atoms with van der Waals surface area (Å²) in [5, 5.41) is 11.2. The van der Waals surface area contributed by atoms with Crippen LogP contribution in [-0.4, -0.2) is 56.5 Å². The molecule has 3 aromatic rings. The number of nitrogens with zero attached hydrogens (tertiary/aromatic N) is 1. The Morgan fingerprint density at radius 3 is 2.44 bits per heavy atom. The van der Waals surface area contributed by atoms with E-state index in [1.54, 1.807) is 14.2 Å². The molecule has 1 heterocycles. The number of alkyl halides is 1. The molecule has 0 atom stereocenters. The van der Waals surface area contributed by atoms with Crippen LogP contribution in [0.4, 0.5) is 4.39 Å². The summed E-state index contributed by atoms with van der Waals surface area (Å²) in [6.45, 7) is 1.94. The Balaban J connectivity index is 1.80. The molecule has 0 aliphatic carbocycles. The zero-order valence-electron chi connectivity index (χ0n) is 19.9. The van der Waals surface area contributed by atoms with Gasteiger partial charge in [-0.2, -0.15) is 0 Å². The number of hydrogen-bond acceptors (Lipinski definition) is 4. The first kappa shape index (κ1) is 24.0. The van der Waals surface area contributed by atoms with Gasteiger partial charge >= 0.3 is 5.97 Å². The molecule has 0 bridgehead atoms. The SMILES string of the molecule is COc1ccc(C2CCN(CCF)CC2)c(OC)c1-c1cccc2c(CCC(=O)O)cccc12. The lowest BCUT2D eigenvalue weighted by Crippen LogP contribution is -2.34. The van der Waals surface area contributed by atoms with E-state index in [0.29, 0.717) is 18.9 Å². The molecule has 5 nitrogen and oxygen atoms in total. The Bertz CT molecular complexity index is 1150. The molecule has 1 aliphatic rings. The molecular formula is C28H32FNO4. The molecular weight excluding hydrogens is 433 g/mol.